The molecule has 0 radical (unpaired) electrons. The predicted molar refractivity (Wildman–Crippen MR) is 159 cm³/mol. The van der Waals surface area contributed by atoms with Gasteiger partial charge in [-0.15, -0.1) is 11.3 Å². The lowest BCUT2D eigenvalue weighted by Crippen LogP contribution is -2.56. The minimum absolute atomic E-state index is 0.0294. The Morgan fingerprint density at radius 2 is 1.95 bits per heavy atom. The van der Waals surface area contributed by atoms with Crippen LogP contribution in [0.1, 0.15) is 44.5 Å². The van der Waals surface area contributed by atoms with E-state index in [1.807, 2.05) is 41.6 Å². The van der Waals surface area contributed by atoms with Crippen LogP contribution >= 0.6 is 11.3 Å². The minimum atomic E-state index is -0.311. The van der Waals surface area contributed by atoms with Crippen LogP contribution in [0.15, 0.2) is 48.1 Å². The van der Waals surface area contributed by atoms with E-state index in [1.54, 1.807) is 34.2 Å². The molecule has 1 unspecified atom stereocenters. The molecule has 210 valence electrons. The van der Waals surface area contributed by atoms with Crippen molar-refractivity contribution in [2.45, 2.75) is 46.2 Å². The summed E-state index contributed by atoms with van der Waals surface area (Å²) in [4.78, 5) is 41.3. The third kappa shape index (κ3) is 5.57. The molecule has 0 aromatic carbocycles. The Morgan fingerprint density at radius 3 is 2.62 bits per heavy atom. The van der Waals surface area contributed by atoms with Gasteiger partial charge in [0.2, 0.25) is 5.91 Å². The maximum absolute atomic E-state index is 13.5. The molecule has 2 N–H and O–H groups in total. The van der Waals surface area contributed by atoms with Gasteiger partial charge < -0.3 is 15.5 Å². The highest BCUT2D eigenvalue weighted by Gasteiger charge is 2.35. The molecule has 10 nitrogen and oxygen atoms in total. The van der Waals surface area contributed by atoms with Gasteiger partial charge in [-0.05, 0) is 63.0 Å². The number of aromatic nitrogens is 4. The monoisotopic (exact) mass is 560 g/mol. The molecule has 0 saturated carbocycles. The van der Waals surface area contributed by atoms with Crippen LogP contribution in [0, 0.1) is 0 Å². The largest absolute Gasteiger partial charge is 0.355 e. The first-order valence-corrected chi connectivity index (χ1v) is 14.8. The van der Waals surface area contributed by atoms with E-state index in [-0.39, 0.29) is 23.9 Å². The molecule has 0 spiro atoms. The van der Waals surface area contributed by atoms with Crippen molar-refractivity contribution in [3.05, 3.63) is 53.7 Å². The zero-order valence-electron chi connectivity index (χ0n) is 23.4. The molecule has 1 aliphatic rings. The Balaban J connectivity index is 1.52. The van der Waals surface area contributed by atoms with Gasteiger partial charge in [0.1, 0.15) is 11.9 Å². The summed E-state index contributed by atoms with van der Waals surface area (Å²) in [6, 6.07) is 9.43. The number of hydrogen-bond acceptors (Lipinski definition) is 8. The van der Waals surface area contributed by atoms with Crippen molar-refractivity contribution >= 4 is 34.6 Å². The molecule has 2 atom stereocenters. The SMILES string of the molecule is CCNC(=O)[C@@H]1CCN1c1cc(C(=O)NCC(C)N(CC)CC)cc(-c2cnn3ccc(-c4cccs4)nc23)n1. The number of amides is 2. The fraction of sp³-hybridized carbons (Fsp3) is 0.414. The number of thiophene rings is 1. The third-order valence-corrected chi connectivity index (χ3v) is 8.35. The number of anilines is 1. The lowest BCUT2D eigenvalue weighted by atomic mass is 10.0. The number of carbonyl (C=O) groups is 2. The molecule has 2 amide bonds. The minimum Gasteiger partial charge on any atom is -0.355 e. The second-order valence-electron chi connectivity index (χ2n) is 9.89. The van der Waals surface area contributed by atoms with Gasteiger partial charge in [0.25, 0.3) is 5.91 Å². The molecule has 40 heavy (non-hydrogen) atoms. The van der Waals surface area contributed by atoms with Gasteiger partial charge in [-0.25, -0.2) is 14.5 Å². The first-order valence-electron chi connectivity index (χ1n) is 13.9. The number of likely N-dealkylation sites (N-methyl/N-ethyl adjacent to an activating group) is 2. The summed E-state index contributed by atoms with van der Waals surface area (Å²) in [6.07, 6.45) is 4.35. The summed E-state index contributed by atoms with van der Waals surface area (Å²) in [5.41, 5.74) is 3.30. The van der Waals surface area contributed by atoms with E-state index in [2.05, 4.69) is 41.4 Å². The van der Waals surface area contributed by atoms with Crippen molar-refractivity contribution in [1.82, 2.24) is 35.1 Å². The molecule has 0 aliphatic carbocycles. The van der Waals surface area contributed by atoms with Crippen molar-refractivity contribution in [1.29, 1.82) is 0 Å². The smallest absolute Gasteiger partial charge is 0.251 e. The number of rotatable bonds is 11. The topological polar surface area (TPSA) is 108 Å². The van der Waals surface area contributed by atoms with Crippen LogP contribution < -0.4 is 15.5 Å². The quantitative estimate of drug-likeness (QED) is 0.288. The highest BCUT2D eigenvalue weighted by atomic mass is 32.1. The number of carbonyl (C=O) groups excluding carboxylic acids is 2. The first kappa shape index (κ1) is 27.7. The van der Waals surface area contributed by atoms with Gasteiger partial charge in [-0.2, -0.15) is 5.10 Å². The third-order valence-electron chi connectivity index (χ3n) is 7.45. The molecule has 5 rings (SSSR count). The zero-order valence-corrected chi connectivity index (χ0v) is 24.2. The van der Waals surface area contributed by atoms with Gasteiger partial charge in [0, 0.05) is 37.4 Å². The Hall–Kier alpha value is -3.83. The summed E-state index contributed by atoms with van der Waals surface area (Å²) in [7, 11) is 0. The molecular weight excluding hydrogens is 524 g/mol. The Kier molecular flexibility index (Phi) is 8.41. The van der Waals surface area contributed by atoms with Crippen LogP contribution in [-0.2, 0) is 4.79 Å². The standard InChI is InChI=1S/C29H36N8O2S/c1-5-30-29(39)24-11-12-36(24)26-16-20(28(38)31-17-19(4)35(6-2)7-3)15-23(33-26)21-18-32-37-13-10-22(34-27(21)37)25-9-8-14-40-25/h8-10,13-16,18-19,24H,5-7,11-12,17H2,1-4H3,(H,30,39)(H,31,38)/t19?,24-/m0/s1. The van der Waals surface area contributed by atoms with Gasteiger partial charge in [0.15, 0.2) is 5.65 Å². The van der Waals surface area contributed by atoms with E-state index >= 15 is 0 Å². The number of pyridine rings is 1. The van der Waals surface area contributed by atoms with Crippen molar-refractivity contribution in [2.24, 2.45) is 0 Å². The fourth-order valence-electron chi connectivity index (χ4n) is 5.09. The molecular formula is C29H36N8O2S. The predicted octanol–water partition coefficient (Wildman–Crippen LogP) is 3.69. The molecule has 1 aliphatic heterocycles. The van der Waals surface area contributed by atoms with Gasteiger partial charge >= 0.3 is 0 Å². The Bertz CT molecular complexity index is 1480. The molecule has 0 bridgehead atoms. The van der Waals surface area contributed by atoms with Gasteiger partial charge in [-0.1, -0.05) is 19.9 Å². The van der Waals surface area contributed by atoms with E-state index in [1.165, 1.54) is 0 Å². The van der Waals surface area contributed by atoms with E-state index in [0.717, 1.165) is 35.6 Å². The number of fused-ring (bicyclic) bond motifs is 1. The highest BCUT2D eigenvalue weighted by molar-refractivity contribution is 7.13. The summed E-state index contributed by atoms with van der Waals surface area (Å²) >= 11 is 1.62. The Morgan fingerprint density at radius 1 is 1.12 bits per heavy atom. The van der Waals surface area contributed by atoms with Crippen molar-refractivity contribution in [3.63, 3.8) is 0 Å². The average Bonchev–Trinajstić information content (AvgIpc) is 3.62. The van der Waals surface area contributed by atoms with E-state index in [0.29, 0.717) is 42.4 Å². The van der Waals surface area contributed by atoms with E-state index in [4.69, 9.17) is 9.97 Å². The second-order valence-corrected chi connectivity index (χ2v) is 10.8. The van der Waals surface area contributed by atoms with E-state index in [9.17, 15) is 9.59 Å². The zero-order chi connectivity index (χ0) is 28.2. The summed E-state index contributed by atoms with van der Waals surface area (Å²) in [6.45, 7) is 11.9. The fourth-order valence-corrected chi connectivity index (χ4v) is 5.78. The normalized spacial score (nSPS) is 15.7. The summed E-state index contributed by atoms with van der Waals surface area (Å²) < 4.78 is 1.72. The van der Waals surface area contributed by atoms with Crippen molar-refractivity contribution in [2.75, 3.05) is 37.6 Å². The van der Waals surface area contributed by atoms with E-state index < -0.39 is 0 Å². The maximum atomic E-state index is 13.5. The van der Waals surface area contributed by atoms with Gasteiger partial charge in [0.05, 0.1) is 28.0 Å². The maximum Gasteiger partial charge on any atom is 0.251 e. The first-order chi connectivity index (χ1) is 19.4. The van der Waals surface area contributed by atoms with Crippen molar-refractivity contribution < 1.29 is 9.59 Å². The summed E-state index contributed by atoms with van der Waals surface area (Å²) in [5, 5.41) is 12.5. The number of nitrogens with zero attached hydrogens (tertiary/aromatic N) is 6. The Labute approximate surface area is 238 Å². The van der Waals surface area contributed by atoms with Crippen LogP contribution in [0.3, 0.4) is 0 Å². The average molecular weight is 561 g/mol. The molecule has 4 aromatic heterocycles. The lowest BCUT2D eigenvalue weighted by molar-refractivity contribution is -0.123. The summed E-state index contributed by atoms with van der Waals surface area (Å²) in [5.74, 6) is 0.386. The molecule has 1 fully saturated rings. The molecule has 5 heterocycles. The highest BCUT2D eigenvalue weighted by Crippen LogP contribution is 2.31. The lowest BCUT2D eigenvalue weighted by Gasteiger charge is -2.40. The second kappa shape index (κ2) is 12.1. The molecule has 1 saturated heterocycles. The molecule has 4 aromatic rings. The van der Waals surface area contributed by atoms with Gasteiger partial charge in [-0.3, -0.25) is 14.5 Å². The van der Waals surface area contributed by atoms with Crippen LogP contribution in [-0.4, -0.2) is 81.1 Å². The van der Waals surface area contributed by atoms with Crippen LogP contribution in [0.5, 0.6) is 0 Å². The van der Waals surface area contributed by atoms with Crippen LogP contribution in [0.25, 0.3) is 27.5 Å². The van der Waals surface area contributed by atoms with Crippen LogP contribution in [0.2, 0.25) is 0 Å². The van der Waals surface area contributed by atoms with Crippen LogP contribution in [0.4, 0.5) is 5.82 Å². The van der Waals surface area contributed by atoms with Crippen molar-refractivity contribution in [3.8, 4) is 21.8 Å². The number of nitrogens with one attached hydrogen (secondary N) is 2. The molecule has 11 heteroatoms. The number of hydrogen-bond donors (Lipinski definition) is 2.